The summed E-state index contributed by atoms with van der Waals surface area (Å²) in [7, 11) is 5.29. The molecule has 0 saturated carbocycles. The van der Waals surface area contributed by atoms with Gasteiger partial charge in [0.05, 0.1) is 43.4 Å². The van der Waals surface area contributed by atoms with Gasteiger partial charge in [-0.3, -0.25) is 0 Å². The molecule has 0 amide bonds. The highest BCUT2D eigenvalue weighted by atomic mass is 127. The molecule has 0 spiro atoms. The average molecular weight is 473 g/mol. The van der Waals surface area contributed by atoms with Crippen LogP contribution in [-0.2, 0) is 0 Å². The van der Waals surface area contributed by atoms with Crippen LogP contribution in [0.3, 0.4) is 0 Å². The highest BCUT2D eigenvalue weighted by molar-refractivity contribution is 14.1. The molecule has 126 valence electrons. The SMILES string of the molecule is Nc1c(N)c(N)c2c(P)c3c(N)c(I)c(N)c(N)c3c(P)c2c1N. The van der Waals surface area contributed by atoms with Crippen LogP contribution in [0.2, 0.25) is 0 Å². The van der Waals surface area contributed by atoms with Crippen molar-refractivity contribution < 1.29 is 0 Å². The van der Waals surface area contributed by atoms with E-state index in [1.54, 1.807) is 0 Å². The molecule has 7 nitrogen and oxygen atoms in total. The lowest BCUT2D eigenvalue weighted by molar-refractivity contribution is 1.67. The maximum atomic E-state index is 6.31. The molecule has 0 bridgehead atoms. The van der Waals surface area contributed by atoms with Crippen LogP contribution in [0, 0.1) is 3.57 Å². The Morgan fingerprint density at radius 2 is 0.750 bits per heavy atom. The van der Waals surface area contributed by atoms with Gasteiger partial charge in [-0.05, 0) is 33.2 Å². The number of fused-ring (bicyclic) bond motifs is 2. The second-order valence-corrected chi connectivity index (χ2v) is 7.77. The Morgan fingerprint density at radius 1 is 0.458 bits per heavy atom. The van der Waals surface area contributed by atoms with E-state index < -0.39 is 0 Å². The van der Waals surface area contributed by atoms with Gasteiger partial charge >= 0.3 is 0 Å². The average Bonchev–Trinajstić information content (AvgIpc) is 2.55. The van der Waals surface area contributed by atoms with E-state index in [4.69, 9.17) is 40.1 Å². The first kappa shape index (κ1) is 17.2. The Balaban J connectivity index is 2.82. The van der Waals surface area contributed by atoms with Crippen LogP contribution in [0.15, 0.2) is 0 Å². The molecular formula is C14H18IN7P2. The fraction of sp³-hybridized carbons (Fsp3) is 0. The highest BCUT2D eigenvalue weighted by Gasteiger charge is 2.23. The van der Waals surface area contributed by atoms with Gasteiger partial charge in [-0.1, -0.05) is 0 Å². The molecule has 0 heterocycles. The van der Waals surface area contributed by atoms with Gasteiger partial charge in [0.2, 0.25) is 0 Å². The zero-order valence-corrected chi connectivity index (χ0v) is 17.0. The quantitative estimate of drug-likeness (QED) is 0.108. The van der Waals surface area contributed by atoms with Crippen molar-refractivity contribution in [2.75, 3.05) is 40.1 Å². The molecular weight excluding hydrogens is 455 g/mol. The fourth-order valence-corrected chi connectivity index (χ4v) is 4.73. The summed E-state index contributed by atoms with van der Waals surface area (Å²) in [5.41, 5.74) is 45.7. The third kappa shape index (κ3) is 1.96. The predicted octanol–water partition coefficient (Wildman–Crippen LogP) is 0.674. The molecule has 14 N–H and O–H groups in total. The van der Waals surface area contributed by atoms with Crippen molar-refractivity contribution in [2.45, 2.75) is 0 Å². The van der Waals surface area contributed by atoms with E-state index in [0.717, 1.165) is 16.0 Å². The summed E-state index contributed by atoms with van der Waals surface area (Å²) in [6.07, 6.45) is 0. The molecule has 0 aliphatic carbocycles. The van der Waals surface area contributed by atoms with Gasteiger partial charge < -0.3 is 40.1 Å². The number of hydrogen-bond acceptors (Lipinski definition) is 7. The second-order valence-electron chi connectivity index (χ2n) is 5.54. The zero-order chi connectivity index (χ0) is 18.1. The van der Waals surface area contributed by atoms with E-state index in [2.05, 4.69) is 41.1 Å². The van der Waals surface area contributed by atoms with Crippen LogP contribution < -0.4 is 50.7 Å². The van der Waals surface area contributed by atoms with Gasteiger partial charge in [0.1, 0.15) is 0 Å². The largest absolute Gasteiger partial charge is 0.397 e. The van der Waals surface area contributed by atoms with Crippen molar-refractivity contribution >= 4 is 113 Å². The Bertz CT molecular complexity index is 901. The van der Waals surface area contributed by atoms with E-state index in [9.17, 15) is 0 Å². The molecule has 0 saturated heterocycles. The standard InChI is InChI=1S/C14H18IN7P2/c15-5-6(16)1-2(7(17)10(5)20)14(24)4-3(13(1)23)8(18)11(21)12(22)9(4)19/h16-24H2. The summed E-state index contributed by atoms with van der Waals surface area (Å²) >= 11 is 2.08. The van der Waals surface area contributed by atoms with E-state index >= 15 is 0 Å². The Labute approximate surface area is 156 Å². The first-order chi connectivity index (χ1) is 11.1. The number of nitrogens with two attached hydrogens (primary N) is 7. The summed E-state index contributed by atoms with van der Waals surface area (Å²) < 4.78 is 0.694. The van der Waals surface area contributed by atoms with Crippen molar-refractivity contribution in [1.82, 2.24) is 0 Å². The van der Waals surface area contributed by atoms with E-state index in [1.165, 1.54) is 0 Å². The molecule has 2 atom stereocenters. The van der Waals surface area contributed by atoms with E-state index in [1.807, 2.05) is 0 Å². The van der Waals surface area contributed by atoms with Crippen LogP contribution in [-0.4, -0.2) is 0 Å². The molecule has 3 rings (SSSR count). The number of rotatable bonds is 0. The fourth-order valence-electron chi connectivity index (χ4n) is 2.97. The monoisotopic (exact) mass is 473 g/mol. The molecule has 2 unspecified atom stereocenters. The number of halogens is 1. The van der Waals surface area contributed by atoms with E-state index in [0.29, 0.717) is 48.2 Å². The van der Waals surface area contributed by atoms with Crippen molar-refractivity contribution in [3.63, 3.8) is 0 Å². The summed E-state index contributed by atoms with van der Waals surface area (Å²) in [6.45, 7) is 0. The first-order valence-electron chi connectivity index (χ1n) is 6.79. The molecule has 24 heavy (non-hydrogen) atoms. The summed E-state index contributed by atoms with van der Waals surface area (Å²) in [5.74, 6) is 0. The summed E-state index contributed by atoms with van der Waals surface area (Å²) in [5, 5.41) is 4.31. The summed E-state index contributed by atoms with van der Waals surface area (Å²) in [4.78, 5) is 0. The van der Waals surface area contributed by atoms with Gasteiger partial charge in [0.25, 0.3) is 0 Å². The Morgan fingerprint density at radius 3 is 1.12 bits per heavy atom. The topological polar surface area (TPSA) is 182 Å². The minimum absolute atomic E-state index is 0.248. The van der Waals surface area contributed by atoms with Crippen LogP contribution in [0.4, 0.5) is 39.8 Å². The third-order valence-electron chi connectivity index (χ3n) is 4.29. The van der Waals surface area contributed by atoms with Crippen molar-refractivity contribution in [2.24, 2.45) is 0 Å². The molecule has 3 aromatic rings. The van der Waals surface area contributed by atoms with Crippen LogP contribution in [0.1, 0.15) is 0 Å². The normalized spacial score (nSPS) is 11.5. The summed E-state index contributed by atoms with van der Waals surface area (Å²) in [6, 6.07) is 0. The molecule has 10 heteroatoms. The van der Waals surface area contributed by atoms with Crippen molar-refractivity contribution in [3.05, 3.63) is 3.57 Å². The van der Waals surface area contributed by atoms with Crippen LogP contribution in [0.5, 0.6) is 0 Å². The number of nitrogen functional groups attached to an aromatic ring is 7. The molecule has 0 aliphatic rings. The van der Waals surface area contributed by atoms with Crippen LogP contribution in [0.25, 0.3) is 21.5 Å². The van der Waals surface area contributed by atoms with Crippen molar-refractivity contribution in [1.29, 1.82) is 0 Å². The minimum Gasteiger partial charge on any atom is -0.397 e. The molecule has 3 aromatic carbocycles. The molecule has 0 radical (unpaired) electrons. The maximum Gasteiger partial charge on any atom is 0.0809 e. The maximum absolute atomic E-state index is 6.31. The van der Waals surface area contributed by atoms with Crippen molar-refractivity contribution in [3.8, 4) is 0 Å². The number of benzene rings is 3. The number of anilines is 7. The van der Waals surface area contributed by atoms with E-state index in [-0.39, 0.29) is 11.4 Å². The zero-order valence-electron chi connectivity index (χ0n) is 12.6. The lowest BCUT2D eigenvalue weighted by Crippen LogP contribution is -2.17. The van der Waals surface area contributed by atoms with Gasteiger partial charge in [-0.15, -0.1) is 18.5 Å². The first-order valence-corrected chi connectivity index (χ1v) is 9.02. The third-order valence-corrected chi connectivity index (χ3v) is 6.61. The van der Waals surface area contributed by atoms with Crippen LogP contribution >= 0.6 is 41.1 Å². The van der Waals surface area contributed by atoms with Gasteiger partial charge in [0.15, 0.2) is 0 Å². The molecule has 0 fully saturated rings. The lowest BCUT2D eigenvalue weighted by atomic mass is 9.96. The predicted molar refractivity (Wildman–Crippen MR) is 124 cm³/mol. The number of hydrogen-bond donors (Lipinski definition) is 7. The van der Waals surface area contributed by atoms with Gasteiger partial charge in [-0.2, -0.15) is 0 Å². The van der Waals surface area contributed by atoms with Gasteiger partial charge in [-0.25, -0.2) is 0 Å². The highest BCUT2D eigenvalue weighted by Crippen LogP contribution is 2.44. The Kier molecular flexibility index (Phi) is 3.90. The van der Waals surface area contributed by atoms with Gasteiger partial charge in [0, 0.05) is 21.5 Å². The Hall–Kier alpha value is -1.63. The molecule has 0 aromatic heterocycles. The lowest BCUT2D eigenvalue weighted by Gasteiger charge is -2.22. The minimum atomic E-state index is 0.248. The second kappa shape index (κ2) is 5.44. The molecule has 0 aliphatic heterocycles. The smallest absolute Gasteiger partial charge is 0.0809 e.